The molecule has 0 saturated carbocycles. The Hall–Kier alpha value is -2.99. The summed E-state index contributed by atoms with van der Waals surface area (Å²) in [5.41, 5.74) is 5.72. The van der Waals surface area contributed by atoms with E-state index >= 15 is 0 Å². The monoisotopic (exact) mass is 402 g/mol. The molecule has 2 aromatic carbocycles. The SMILES string of the molecule is c1ccc2c(C3CCN(c4ccc5nc(N6CCOCC6)oc5c4)CC3)c[nH]c2c1. The van der Waals surface area contributed by atoms with Gasteiger partial charge in [-0.3, -0.25) is 0 Å². The number of H-pyrrole nitrogens is 1. The van der Waals surface area contributed by atoms with Crippen molar-refractivity contribution in [1.29, 1.82) is 0 Å². The lowest BCUT2D eigenvalue weighted by Gasteiger charge is -2.33. The van der Waals surface area contributed by atoms with Gasteiger partial charge in [-0.15, -0.1) is 0 Å². The Labute approximate surface area is 175 Å². The predicted molar refractivity (Wildman–Crippen MR) is 120 cm³/mol. The first-order chi connectivity index (χ1) is 14.8. The van der Waals surface area contributed by atoms with Crippen molar-refractivity contribution in [2.24, 2.45) is 0 Å². The standard InChI is InChI=1S/C24H26N4O2/c1-2-4-21-19(3-1)20(16-25-21)17-7-9-27(10-8-17)18-5-6-22-23(15-18)30-24(26-22)28-11-13-29-14-12-28/h1-6,15-17,25H,7-14H2. The minimum Gasteiger partial charge on any atom is -0.423 e. The van der Waals surface area contributed by atoms with E-state index < -0.39 is 0 Å². The van der Waals surface area contributed by atoms with Crippen LogP contribution in [0.4, 0.5) is 11.7 Å². The molecule has 4 aromatic rings. The lowest BCUT2D eigenvalue weighted by atomic mass is 9.89. The van der Waals surface area contributed by atoms with Crippen LogP contribution in [-0.2, 0) is 4.74 Å². The number of piperidine rings is 1. The third-order valence-corrected chi connectivity index (χ3v) is 6.56. The van der Waals surface area contributed by atoms with Crippen LogP contribution in [-0.4, -0.2) is 49.4 Å². The Balaban J connectivity index is 1.19. The first-order valence-electron chi connectivity index (χ1n) is 10.9. The van der Waals surface area contributed by atoms with E-state index in [0.29, 0.717) is 11.9 Å². The van der Waals surface area contributed by atoms with Crippen molar-refractivity contribution in [1.82, 2.24) is 9.97 Å². The van der Waals surface area contributed by atoms with Gasteiger partial charge in [0.2, 0.25) is 0 Å². The maximum atomic E-state index is 6.10. The van der Waals surface area contributed by atoms with Gasteiger partial charge in [0.05, 0.1) is 13.2 Å². The van der Waals surface area contributed by atoms with Gasteiger partial charge in [-0.05, 0) is 42.5 Å². The highest BCUT2D eigenvalue weighted by Crippen LogP contribution is 2.35. The first kappa shape index (κ1) is 17.8. The van der Waals surface area contributed by atoms with E-state index in [4.69, 9.17) is 9.15 Å². The Morgan fingerprint density at radius 2 is 1.77 bits per heavy atom. The second-order valence-corrected chi connectivity index (χ2v) is 8.30. The smallest absolute Gasteiger partial charge is 0.298 e. The Morgan fingerprint density at radius 1 is 0.933 bits per heavy atom. The van der Waals surface area contributed by atoms with Crippen molar-refractivity contribution in [2.75, 3.05) is 49.2 Å². The molecule has 154 valence electrons. The number of oxazole rings is 1. The van der Waals surface area contributed by atoms with E-state index in [9.17, 15) is 0 Å². The maximum Gasteiger partial charge on any atom is 0.298 e. The van der Waals surface area contributed by atoms with Gasteiger partial charge < -0.3 is 23.9 Å². The summed E-state index contributed by atoms with van der Waals surface area (Å²) < 4.78 is 11.5. The molecule has 0 bridgehead atoms. The van der Waals surface area contributed by atoms with Crippen LogP contribution in [0, 0.1) is 0 Å². The largest absolute Gasteiger partial charge is 0.423 e. The average molecular weight is 402 g/mol. The number of aromatic nitrogens is 2. The zero-order valence-electron chi connectivity index (χ0n) is 17.0. The van der Waals surface area contributed by atoms with Crippen LogP contribution in [0.25, 0.3) is 22.0 Å². The van der Waals surface area contributed by atoms with Crippen LogP contribution in [0.1, 0.15) is 24.3 Å². The molecular formula is C24H26N4O2. The molecule has 6 heteroatoms. The summed E-state index contributed by atoms with van der Waals surface area (Å²) in [5.74, 6) is 0.610. The number of hydrogen-bond donors (Lipinski definition) is 1. The van der Waals surface area contributed by atoms with Crippen LogP contribution >= 0.6 is 0 Å². The van der Waals surface area contributed by atoms with Gasteiger partial charge in [-0.2, -0.15) is 4.98 Å². The zero-order chi connectivity index (χ0) is 19.9. The van der Waals surface area contributed by atoms with Crippen molar-refractivity contribution in [3.8, 4) is 0 Å². The molecule has 0 atom stereocenters. The fourth-order valence-corrected chi connectivity index (χ4v) is 4.87. The van der Waals surface area contributed by atoms with E-state index in [1.807, 2.05) is 0 Å². The second kappa shape index (κ2) is 7.36. The normalized spacial score (nSPS) is 18.5. The summed E-state index contributed by atoms with van der Waals surface area (Å²) in [6.07, 6.45) is 4.53. The highest BCUT2D eigenvalue weighted by atomic mass is 16.5. The summed E-state index contributed by atoms with van der Waals surface area (Å²) >= 11 is 0. The molecule has 0 aliphatic carbocycles. The molecule has 2 aliphatic heterocycles. The maximum absolute atomic E-state index is 6.10. The van der Waals surface area contributed by atoms with Crippen molar-refractivity contribution in [3.05, 3.63) is 54.2 Å². The number of aromatic amines is 1. The van der Waals surface area contributed by atoms with E-state index in [2.05, 4.69) is 68.4 Å². The number of nitrogens with one attached hydrogen (secondary N) is 1. The molecule has 2 fully saturated rings. The number of ether oxygens (including phenoxy) is 1. The minimum atomic E-state index is 0.610. The lowest BCUT2D eigenvalue weighted by Crippen LogP contribution is -2.36. The highest BCUT2D eigenvalue weighted by Gasteiger charge is 2.24. The van der Waals surface area contributed by atoms with Crippen LogP contribution in [0.3, 0.4) is 0 Å². The van der Waals surface area contributed by atoms with Crippen molar-refractivity contribution >= 4 is 33.7 Å². The number of rotatable bonds is 3. The topological polar surface area (TPSA) is 57.5 Å². The zero-order valence-corrected chi connectivity index (χ0v) is 17.0. The third kappa shape index (κ3) is 3.12. The molecule has 2 saturated heterocycles. The van der Waals surface area contributed by atoms with Gasteiger partial charge in [0.15, 0.2) is 5.58 Å². The number of hydrogen-bond acceptors (Lipinski definition) is 5. The van der Waals surface area contributed by atoms with Gasteiger partial charge in [0, 0.05) is 55.0 Å². The molecule has 1 N–H and O–H groups in total. The van der Waals surface area contributed by atoms with E-state index in [0.717, 1.165) is 63.3 Å². The molecule has 2 aromatic heterocycles. The Morgan fingerprint density at radius 3 is 2.63 bits per heavy atom. The molecule has 0 amide bonds. The molecular weight excluding hydrogens is 376 g/mol. The van der Waals surface area contributed by atoms with Gasteiger partial charge in [0.1, 0.15) is 5.52 Å². The van der Waals surface area contributed by atoms with Crippen LogP contribution < -0.4 is 9.80 Å². The average Bonchev–Trinajstić information content (AvgIpc) is 3.44. The van der Waals surface area contributed by atoms with Crippen LogP contribution in [0.15, 0.2) is 53.1 Å². The van der Waals surface area contributed by atoms with Gasteiger partial charge in [-0.25, -0.2) is 0 Å². The number of benzene rings is 2. The number of nitrogens with zero attached hydrogens (tertiary/aromatic N) is 3. The summed E-state index contributed by atoms with van der Waals surface area (Å²) in [6.45, 7) is 5.24. The molecule has 4 heterocycles. The number of fused-ring (bicyclic) bond motifs is 2. The van der Waals surface area contributed by atoms with Crippen molar-refractivity contribution in [2.45, 2.75) is 18.8 Å². The van der Waals surface area contributed by atoms with Crippen molar-refractivity contribution < 1.29 is 9.15 Å². The van der Waals surface area contributed by atoms with E-state index in [1.54, 1.807) is 0 Å². The predicted octanol–water partition coefficient (Wildman–Crippen LogP) is 4.53. The Kier molecular flexibility index (Phi) is 4.38. The highest BCUT2D eigenvalue weighted by molar-refractivity contribution is 5.83. The molecule has 0 unspecified atom stereocenters. The molecule has 6 nitrogen and oxygen atoms in total. The summed E-state index contributed by atoms with van der Waals surface area (Å²) in [5, 5.41) is 1.37. The third-order valence-electron chi connectivity index (χ3n) is 6.56. The van der Waals surface area contributed by atoms with Gasteiger partial charge >= 0.3 is 0 Å². The molecule has 30 heavy (non-hydrogen) atoms. The molecule has 0 spiro atoms. The van der Waals surface area contributed by atoms with Gasteiger partial charge in [0.25, 0.3) is 6.01 Å². The number of anilines is 2. The summed E-state index contributed by atoms with van der Waals surface area (Å²) in [7, 11) is 0. The lowest BCUT2D eigenvalue weighted by molar-refractivity contribution is 0.120. The van der Waals surface area contributed by atoms with Crippen LogP contribution in [0.2, 0.25) is 0 Å². The molecule has 2 aliphatic rings. The fourth-order valence-electron chi connectivity index (χ4n) is 4.87. The quantitative estimate of drug-likeness (QED) is 0.546. The van der Waals surface area contributed by atoms with Crippen LogP contribution in [0.5, 0.6) is 0 Å². The molecule has 0 radical (unpaired) electrons. The number of morpholine rings is 1. The minimum absolute atomic E-state index is 0.610. The number of para-hydroxylation sites is 1. The van der Waals surface area contributed by atoms with E-state index in [1.165, 1.54) is 22.2 Å². The first-order valence-corrected chi connectivity index (χ1v) is 10.9. The Bertz CT molecular complexity index is 1170. The van der Waals surface area contributed by atoms with Gasteiger partial charge in [-0.1, -0.05) is 18.2 Å². The summed E-state index contributed by atoms with van der Waals surface area (Å²) in [4.78, 5) is 12.7. The molecule has 6 rings (SSSR count). The second-order valence-electron chi connectivity index (χ2n) is 8.30. The van der Waals surface area contributed by atoms with Crippen molar-refractivity contribution in [3.63, 3.8) is 0 Å². The summed E-state index contributed by atoms with van der Waals surface area (Å²) in [6, 6.07) is 15.7. The fraction of sp³-hybridized carbons (Fsp3) is 0.375. The van der Waals surface area contributed by atoms with E-state index in [-0.39, 0.29) is 0 Å².